The van der Waals surface area contributed by atoms with Crippen LogP contribution in [0.3, 0.4) is 0 Å². The van der Waals surface area contributed by atoms with Crippen LogP contribution in [0.15, 0.2) is 12.1 Å². The van der Waals surface area contributed by atoms with Crippen molar-refractivity contribution in [2.24, 2.45) is 0 Å². The highest BCUT2D eigenvalue weighted by molar-refractivity contribution is 7.89. The van der Waals surface area contributed by atoms with Crippen molar-refractivity contribution in [1.29, 1.82) is 0 Å². The Balaban J connectivity index is 2.21. The van der Waals surface area contributed by atoms with Crippen LogP contribution in [0.25, 0.3) is 0 Å². The molecule has 0 saturated carbocycles. The molecule has 0 amide bonds. The predicted molar refractivity (Wildman–Crippen MR) is 82.1 cm³/mol. The van der Waals surface area contributed by atoms with Crippen molar-refractivity contribution in [3.8, 4) is 0 Å². The van der Waals surface area contributed by atoms with E-state index < -0.39 is 10.0 Å². The van der Waals surface area contributed by atoms with Crippen LogP contribution in [0.2, 0.25) is 0 Å². The van der Waals surface area contributed by atoms with Crippen LogP contribution in [-0.4, -0.2) is 26.8 Å². The Morgan fingerprint density at radius 3 is 2.58 bits per heavy atom. The van der Waals surface area contributed by atoms with E-state index in [1.807, 2.05) is 19.1 Å². The van der Waals surface area contributed by atoms with Gasteiger partial charge >= 0.3 is 0 Å². The predicted octanol–water partition coefficient (Wildman–Crippen LogP) is 2.25. The third-order valence-electron chi connectivity index (χ3n) is 2.65. The van der Waals surface area contributed by atoms with Crippen LogP contribution in [0.5, 0.6) is 0 Å². The summed E-state index contributed by atoms with van der Waals surface area (Å²) in [5, 5.41) is 3.28. The van der Waals surface area contributed by atoms with Gasteiger partial charge < -0.3 is 5.32 Å². The number of unbranched alkanes of at least 4 members (excludes halogenated alkanes) is 1. The lowest BCUT2D eigenvalue weighted by atomic mass is 10.3. The van der Waals surface area contributed by atoms with Crippen molar-refractivity contribution < 1.29 is 8.42 Å². The lowest BCUT2D eigenvalue weighted by Crippen LogP contribution is -2.27. The van der Waals surface area contributed by atoms with E-state index in [0.29, 0.717) is 19.0 Å². The maximum atomic E-state index is 11.8. The molecule has 4 nitrogen and oxygen atoms in total. The molecule has 0 bridgehead atoms. The Labute approximate surface area is 120 Å². The van der Waals surface area contributed by atoms with Crippen LogP contribution < -0.4 is 10.0 Å². The number of sulfonamides is 1. The Morgan fingerprint density at radius 1 is 1.26 bits per heavy atom. The molecule has 0 radical (unpaired) electrons. The second-order valence-corrected chi connectivity index (χ2v) is 8.27. The molecule has 1 aromatic rings. The minimum absolute atomic E-state index is 0.205. The molecule has 0 aliphatic rings. The molecule has 2 N–H and O–H groups in total. The van der Waals surface area contributed by atoms with E-state index in [1.165, 1.54) is 4.88 Å². The first kappa shape index (κ1) is 16.6. The van der Waals surface area contributed by atoms with Gasteiger partial charge in [0.1, 0.15) is 0 Å². The summed E-state index contributed by atoms with van der Waals surface area (Å²) < 4.78 is 26.2. The maximum absolute atomic E-state index is 11.8. The van der Waals surface area contributed by atoms with E-state index in [1.54, 1.807) is 11.3 Å². The van der Waals surface area contributed by atoms with Gasteiger partial charge in [0.25, 0.3) is 0 Å². The highest BCUT2D eigenvalue weighted by Crippen LogP contribution is 2.14. The van der Waals surface area contributed by atoms with Gasteiger partial charge in [-0.25, -0.2) is 13.1 Å². The smallest absolute Gasteiger partial charge is 0.211 e. The van der Waals surface area contributed by atoms with Gasteiger partial charge in [-0.05, 0) is 38.4 Å². The summed E-state index contributed by atoms with van der Waals surface area (Å²) in [5.74, 6) is 0.205. The molecule has 1 rings (SSSR count). The van der Waals surface area contributed by atoms with E-state index in [-0.39, 0.29) is 5.75 Å². The van der Waals surface area contributed by atoms with E-state index in [2.05, 4.69) is 23.9 Å². The van der Waals surface area contributed by atoms with E-state index >= 15 is 0 Å². The molecule has 1 aromatic heterocycles. The van der Waals surface area contributed by atoms with Crippen LogP contribution >= 0.6 is 11.3 Å². The van der Waals surface area contributed by atoms with E-state index in [0.717, 1.165) is 17.8 Å². The van der Waals surface area contributed by atoms with Crippen molar-refractivity contribution in [2.45, 2.75) is 46.2 Å². The Morgan fingerprint density at radius 2 is 2.00 bits per heavy atom. The summed E-state index contributed by atoms with van der Waals surface area (Å²) in [4.78, 5) is 2.26. The van der Waals surface area contributed by atoms with Gasteiger partial charge in [0.05, 0.1) is 5.75 Å². The molecule has 0 aliphatic heterocycles. The molecule has 0 spiro atoms. The van der Waals surface area contributed by atoms with E-state index in [4.69, 9.17) is 0 Å². The molecule has 19 heavy (non-hydrogen) atoms. The topological polar surface area (TPSA) is 58.2 Å². The average Bonchev–Trinajstić information content (AvgIpc) is 2.72. The second-order valence-electron chi connectivity index (χ2n) is 4.97. The summed E-state index contributed by atoms with van der Waals surface area (Å²) in [6, 6.07) is 4.43. The molecular weight excluding hydrogens is 280 g/mol. The van der Waals surface area contributed by atoms with Crippen molar-refractivity contribution in [1.82, 2.24) is 10.0 Å². The minimum Gasteiger partial charge on any atom is -0.315 e. The molecular formula is C13H24N2O2S2. The lowest BCUT2D eigenvalue weighted by molar-refractivity contribution is 0.555. The van der Waals surface area contributed by atoms with Gasteiger partial charge in [-0.15, -0.1) is 11.3 Å². The first-order valence-electron chi connectivity index (χ1n) is 6.65. The van der Waals surface area contributed by atoms with Crippen LogP contribution in [0.1, 0.15) is 36.4 Å². The maximum Gasteiger partial charge on any atom is 0.211 e. The highest BCUT2D eigenvalue weighted by atomic mass is 32.2. The monoisotopic (exact) mass is 304 g/mol. The molecule has 0 saturated heterocycles. The SMILES string of the molecule is Cc1ccc(CNS(=O)(=O)CCCCNC(C)C)s1. The Hall–Kier alpha value is -0.430. The van der Waals surface area contributed by atoms with Gasteiger partial charge in [-0.2, -0.15) is 0 Å². The first-order chi connectivity index (χ1) is 8.89. The van der Waals surface area contributed by atoms with Gasteiger partial charge in [0.15, 0.2) is 0 Å². The molecule has 0 aliphatic carbocycles. The number of rotatable bonds is 9. The molecule has 0 atom stereocenters. The number of aryl methyl sites for hydroxylation is 1. The van der Waals surface area contributed by atoms with Gasteiger partial charge in [-0.3, -0.25) is 0 Å². The summed E-state index contributed by atoms with van der Waals surface area (Å²) in [5.41, 5.74) is 0. The standard InChI is InChI=1S/C13H24N2O2S2/c1-11(2)14-8-4-5-9-19(16,17)15-10-13-7-6-12(3)18-13/h6-7,11,14-15H,4-5,8-10H2,1-3H3. The molecule has 110 valence electrons. The fourth-order valence-corrected chi connectivity index (χ4v) is 3.67. The zero-order chi connectivity index (χ0) is 14.3. The number of hydrogen-bond donors (Lipinski definition) is 2. The average molecular weight is 304 g/mol. The van der Waals surface area contributed by atoms with Gasteiger partial charge in [0.2, 0.25) is 10.0 Å². The first-order valence-corrected chi connectivity index (χ1v) is 9.12. The van der Waals surface area contributed by atoms with Crippen molar-refractivity contribution >= 4 is 21.4 Å². The molecule has 0 aromatic carbocycles. The molecule has 6 heteroatoms. The molecule has 1 heterocycles. The van der Waals surface area contributed by atoms with Crippen molar-refractivity contribution in [3.05, 3.63) is 21.9 Å². The lowest BCUT2D eigenvalue weighted by Gasteiger charge is -2.08. The van der Waals surface area contributed by atoms with Crippen molar-refractivity contribution in [3.63, 3.8) is 0 Å². The Kier molecular flexibility index (Phi) is 6.99. The fraction of sp³-hybridized carbons (Fsp3) is 0.692. The number of thiophene rings is 1. The van der Waals surface area contributed by atoms with Crippen LogP contribution in [-0.2, 0) is 16.6 Å². The van der Waals surface area contributed by atoms with Crippen LogP contribution in [0, 0.1) is 6.92 Å². The van der Waals surface area contributed by atoms with Crippen LogP contribution in [0.4, 0.5) is 0 Å². The normalized spacial score (nSPS) is 12.2. The summed E-state index contributed by atoms with van der Waals surface area (Å²) in [6.07, 6.45) is 1.58. The second kappa shape index (κ2) is 7.99. The Bertz CT molecular complexity index is 467. The minimum atomic E-state index is -3.14. The largest absolute Gasteiger partial charge is 0.315 e. The van der Waals surface area contributed by atoms with Gasteiger partial charge in [0, 0.05) is 22.3 Å². The van der Waals surface area contributed by atoms with Gasteiger partial charge in [-0.1, -0.05) is 13.8 Å². The summed E-state index contributed by atoms with van der Waals surface area (Å²) in [6.45, 7) is 7.47. The van der Waals surface area contributed by atoms with E-state index in [9.17, 15) is 8.42 Å². The molecule has 0 unspecified atom stereocenters. The quantitative estimate of drug-likeness (QED) is 0.688. The zero-order valence-corrected chi connectivity index (χ0v) is 13.5. The summed E-state index contributed by atoms with van der Waals surface area (Å²) in [7, 11) is -3.14. The zero-order valence-electron chi connectivity index (χ0n) is 11.9. The highest BCUT2D eigenvalue weighted by Gasteiger charge is 2.10. The third-order valence-corrected chi connectivity index (χ3v) is 5.07. The molecule has 0 fully saturated rings. The number of hydrogen-bond acceptors (Lipinski definition) is 4. The summed E-state index contributed by atoms with van der Waals surface area (Å²) >= 11 is 1.63. The fourth-order valence-electron chi connectivity index (χ4n) is 1.64. The number of nitrogens with one attached hydrogen (secondary N) is 2. The van der Waals surface area contributed by atoms with Crippen molar-refractivity contribution in [2.75, 3.05) is 12.3 Å². The third kappa shape index (κ3) is 7.67.